The first-order valence-electron chi connectivity index (χ1n) is 10.8. The number of fused-ring (bicyclic) bond motifs is 1. The average molecular weight is 395 g/mol. The van der Waals surface area contributed by atoms with Gasteiger partial charge in [-0.1, -0.05) is 38.8 Å². The summed E-state index contributed by atoms with van der Waals surface area (Å²) in [5, 5.41) is 11.8. The minimum Gasteiger partial charge on any atom is -0.511 e. The normalized spacial score (nSPS) is 19.9. The Labute approximate surface area is 174 Å². The molecule has 1 aromatic carbocycles. The second-order valence-electron chi connectivity index (χ2n) is 9.22. The second-order valence-corrected chi connectivity index (χ2v) is 9.22. The third-order valence-electron chi connectivity index (χ3n) is 5.85. The molecule has 0 unspecified atom stereocenters. The number of aliphatic imine (C=N–C) groups is 1. The highest BCUT2D eigenvalue weighted by molar-refractivity contribution is 6.24. The number of aliphatic hydroxyl groups excluding tert-OH is 1. The third kappa shape index (κ3) is 4.80. The van der Waals surface area contributed by atoms with Crippen LogP contribution in [0, 0.1) is 19.3 Å². The lowest BCUT2D eigenvalue weighted by Gasteiger charge is -2.31. The van der Waals surface area contributed by atoms with E-state index in [-0.39, 0.29) is 17.0 Å². The van der Waals surface area contributed by atoms with E-state index in [0.717, 1.165) is 36.9 Å². The number of allylic oxidation sites excluding steroid dienone is 2. The van der Waals surface area contributed by atoms with Gasteiger partial charge in [0.05, 0.1) is 5.57 Å². The molecular weight excluding hydrogens is 360 g/mol. The lowest BCUT2D eigenvalue weighted by molar-refractivity contribution is -0.117. The summed E-state index contributed by atoms with van der Waals surface area (Å²) in [5.41, 5.74) is 6.02. The molecule has 1 aromatic heterocycles. The van der Waals surface area contributed by atoms with Crippen molar-refractivity contribution in [2.45, 2.75) is 73.1 Å². The standard InChI is InChI=1S/C25H34N2O2/c1-6-7-8-22(28)24-21(14-25(4,5)15-23(24)29)26-12-11-18-17(3)27-20-10-9-16(2)13-19(18)20/h9-10,13,27-28H,6-8,11-12,14-15H2,1-5H3. The molecule has 0 radical (unpaired) electrons. The maximum atomic E-state index is 12.8. The molecule has 0 atom stereocenters. The lowest BCUT2D eigenvalue weighted by atomic mass is 9.73. The minimum absolute atomic E-state index is 0.0347. The highest BCUT2D eigenvalue weighted by Gasteiger charge is 2.35. The number of carbonyl (C=O) groups excluding carboxylic acids is 1. The predicted octanol–water partition coefficient (Wildman–Crippen LogP) is 6.16. The van der Waals surface area contributed by atoms with E-state index in [1.807, 2.05) is 0 Å². The van der Waals surface area contributed by atoms with Crippen LogP contribution < -0.4 is 0 Å². The van der Waals surface area contributed by atoms with Gasteiger partial charge in [0.2, 0.25) is 0 Å². The van der Waals surface area contributed by atoms with Crippen LogP contribution in [0.4, 0.5) is 0 Å². The number of aromatic nitrogens is 1. The molecule has 2 aromatic rings. The fraction of sp³-hybridized carbons (Fsp3) is 0.520. The zero-order valence-corrected chi connectivity index (χ0v) is 18.5. The van der Waals surface area contributed by atoms with Gasteiger partial charge < -0.3 is 10.1 Å². The van der Waals surface area contributed by atoms with Crippen molar-refractivity contribution >= 4 is 22.4 Å². The highest BCUT2D eigenvalue weighted by Crippen LogP contribution is 2.36. The first-order valence-corrected chi connectivity index (χ1v) is 10.8. The first-order chi connectivity index (χ1) is 13.7. The SMILES string of the molecule is CCCCC(O)=C1C(=O)CC(C)(C)CC1=NCCc1c(C)[nH]c2ccc(C)cc12. The van der Waals surface area contributed by atoms with Crippen LogP contribution in [0.25, 0.3) is 10.9 Å². The Morgan fingerprint density at radius 1 is 1.24 bits per heavy atom. The van der Waals surface area contributed by atoms with Gasteiger partial charge in [0.25, 0.3) is 0 Å². The summed E-state index contributed by atoms with van der Waals surface area (Å²) < 4.78 is 0. The third-order valence-corrected chi connectivity index (χ3v) is 5.85. The molecule has 3 rings (SSSR count). The van der Waals surface area contributed by atoms with Crippen molar-refractivity contribution in [1.29, 1.82) is 0 Å². The van der Waals surface area contributed by atoms with Crippen molar-refractivity contribution in [2.75, 3.05) is 6.54 Å². The van der Waals surface area contributed by atoms with Crippen LogP contribution in [-0.4, -0.2) is 28.1 Å². The van der Waals surface area contributed by atoms with Crippen molar-refractivity contribution in [3.8, 4) is 0 Å². The Morgan fingerprint density at radius 3 is 2.72 bits per heavy atom. The van der Waals surface area contributed by atoms with E-state index in [1.54, 1.807) is 0 Å². The molecule has 4 heteroatoms. The lowest BCUT2D eigenvalue weighted by Crippen LogP contribution is -2.33. The molecule has 2 N–H and O–H groups in total. The number of benzene rings is 1. The van der Waals surface area contributed by atoms with Crippen molar-refractivity contribution in [3.63, 3.8) is 0 Å². The Kier molecular flexibility index (Phi) is 6.30. The molecule has 0 spiro atoms. The van der Waals surface area contributed by atoms with Gasteiger partial charge >= 0.3 is 0 Å². The smallest absolute Gasteiger partial charge is 0.168 e. The van der Waals surface area contributed by atoms with Crippen LogP contribution in [0.2, 0.25) is 0 Å². The second kappa shape index (κ2) is 8.56. The number of rotatable bonds is 6. The van der Waals surface area contributed by atoms with E-state index in [9.17, 15) is 9.90 Å². The highest BCUT2D eigenvalue weighted by atomic mass is 16.3. The summed E-state index contributed by atoms with van der Waals surface area (Å²) in [4.78, 5) is 21.1. The molecule has 156 valence electrons. The van der Waals surface area contributed by atoms with Gasteiger partial charge in [-0.05, 0) is 56.2 Å². The zero-order chi connectivity index (χ0) is 21.2. The van der Waals surface area contributed by atoms with E-state index in [1.165, 1.54) is 22.2 Å². The number of carbonyl (C=O) groups is 1. The number of aryl methyl sites for hydroxylation is 2. The number of ketones is 1. The van der Waals surface area contributed by atoms with E-state index < -0.39 is 0 Å². The molecule has 1 aliphatic rings. The summed E-state index contributed by atoms with van der Waals surface area (Å²) >= 11 is 0. The number of nitrogens with one attached hydrogen (secondary N) is 1. The average Bonchev–Trinajstić information content (AvgIpc) is 2.93. The van der Waals surface area contributed by atoms with Crippen LogP contribution in [-0.2, 0) is 11.2 Å². The fourth-order valence-corrected chi connectivity index (χ4v) is 4.34. The Bertz CT molecular complexity index is 976. The summed E-state index contributed by atoms with van der Waals surface area (Å²) in [5.74, 6) is 0.262. The van der Waals surface area contributed by atoms with Crippen LogP contribution in [0.5, 0.6) is 0 Å². The van der Waals surface area contributed by atoms with Crippen molar-refractivity contribution in [3.05, 3.63) is 46.4 Å². The van der Waals surface area contributed by atoms with Gasteiger partial charge in [-0.2, -0.15) is 0 Å². The number of aliphatic hydroxyl groups is 1. The number of nitrogens with zero attached hydrogens (tertiary/aromatic N) is 1. The molecule has 1 heterocycles. The van der Waals surface area contributed by atoms with Gasteiger partial charge in [0.1, 0.15) is 5.76 Å². The summed E-state index contributed by atoms with van der Waals surface area (Å²) in [6.07, 6.45) is 4.44. The van der Waals surface area contributed by atoms with Gasteiger partial charge in [0, 0.05) is 41.7 Å². The molecule has 1 saturated carbocycles. The molecular formula is C25H34N2O2. The van der Waals surface area contributed by atoms with Crippen molar-refractivity contribution in [2.24, 2.45) is 10.4 Å². The van der Waals surface area contributed by atoms with Crippen LogP contribution >= 0.6 is 0 Å². The van der Waals surface area contributed by atoms with Crippen LogP contribution in [0.15, 0.2) is 34.5 Å². The van der Waals surface area contributed by atoms with Crippen molar-refractivity contribution in [1.82, 2.24) is 4.98 Å². The Morgan fingerprint density at radius 2 is 2.00 bits per heavy atom. The number of aromatic amines is 1. The van der Waals surface area contributed by atoms with Gasteiger partial charge in [-0.25, -0.2) is 0 Å². The quantitative estimate of drug-likeness (QED) is 0.455. The Hall–Kier alpha value is -2.36. The van der Waals surface area contributed by atoms with E-state index in [4.69, 9.17) is 4.99 Å². The molecule has 0 saturated heterocycles. The van der Waals surface area contributed by atoms with E-state index >= 15 is 0 Å². The fourth-order valence-electron chi connectivity index (χ4n) is 4.34. The van der Waals surface area contributed by atoms with E-state index in [0.29, 0.717) is 25.0 Å². The minimum atomic E-state index is -0.113. The molecule has 0 amide bonds. The van der Waals surface area contributed by atoms with Gasteiger partial charge in [-0.3, -0.25) is 9.79 Å². The largest absolute Gasteiger partial charge is 0.511 e. The molecule has 0 aliphatic heterocycles. The van der Waals surface area contributed by atoms with Crippen LogP contribution in [0.3, 0.4) is 0 Å². The number of H-pyrrole nitrogens is 1. The van der Waals surface area contributed by atoms with Crippen LogP contribution in [0.1, 0.15) is 69.7 Å². The van der Waals surface area contributed by atoms with Gasteiger partial charge in [-0.15, -0.1) is 0 Å². The maximum absolute atomic E-state index is 12.8. The first kappa shape index (κ1) is 21.4. The number of hydrogen-bond donors (Lipinski definition) is 2. The molecule has 4 nitrogen and oxygen atoms in total. The number of hydrogen-bond acceptors (Lipinski definition) is 3. The Balaban J connectivity index is 1.87. The van der Waals surface area contributed by atoms with Crippen molar-refractivity contribution < 1.29 is 9.90 Å². The van der Waals surface area contributed by atoms with E-state index in [2.05, 4.69) is 57.8 Å². The maximum Gasteiger partial charge on any atom is 0.168 e. The molecule has 29 heavy (non-hydrogen) atoms. The molecule has 1 aliphatic carbocycles. The molecule has 1 fully saturated rings. The predicted molar refractivity (Wildman–Crippen MR) is 121 cm³/mol. The number of Topliss-reactive ketones (excluding diaryl/α,β-unsaturated/α-hetero) is 1. The topological polar surface area (TPSA) is 65.4 Å². The summed E-state index contributed by atoms with van der Waals surface area (Å²) in [6.45, 7) is 11.1. The summed E-state index contributed by atoms with van der Waals surface area (Å²) in [7, 11) is 0. The van der Waals surface area contributed by atoms with Gasteiger partial charge in [0.15, 0.2) is 5.78 Å². The summed E-state index contributed by atoms with van der Waals surface area (Å²) in [6, 6.07) is 6.46. The molecule has 0 bridgehead atoms. The number of unbranched alkanes of at least 4 members (excludes halogenated alkanes) is 1. The zero-order valence-electron chi connectivity index (χ0n) is 18.5. The monoisotopic (exact) mass is 394 g/mol.